The fourth-order valence-corrected chi connectivity index (χ4v) is 2.43. The van der Waals surface area contributed by atoms with Gasteiger partial charge in [-0.2, -0.15) is 26.7 Å². The lowest BCUT2D eigenvalue weighted by Gasteiger charge is -2.19. The second kappa shape index (κ2) is 4.37. The summed E-state index contributed by atoms with van der Waals surface area (Å²) in [6, 6.07) is -0.166. The highest BCUT2D eigenvalue weighted by Gasteiger charge is 2.49. The monoisotopic (exact) mass is 299 g/mol. The Morgan fingerprint density at radius 1 is 1.47 bits per heavy atom. The van der Waals surface area contributed by atoms with Crippen molar-refractivity contribution in [1.29, 1.82) is 0 Å². The summed E-state index contributed by atoms with van der Waals surface area (Å²) in [5.74, 6) is -0.374. The fraction of sp³-hybridized carbons (Fsp3) is 0.667. The highest BCUT2D eigenvalue weighted by atomic mass is 32.2. The number of aromatic nitrogens is 2. The number of alkyl halides is 3. The minimum absolute atomic E-state index is 0.166. The first-order chi connectivity index (χ1) is 8.63. The molecule has 0 aromatic carbocycles. The van der Waals surface area contributed by atoms with Crippen LogP contribution in [0.5, 0.6) is 5.88 Å². The Hall–Kier alpha value is -1.29. The third kappa shape index (κ3) is 2.41. The van der Waals surface area contributed by atoms with Crippen LogP contribution >= 0.6 is 0 Å². The molecule has 1 aromatic rings. The standard InChI is InChI=1S/C9H12F3N3O3S/c1-5-7-6(3-4-13-5)8(15(2)14-7)18-19(16,17)9(10,11)12/h5,13H,3-4H2,1-2H3/t5-/m0/s1. The van der Waals surface area contributed by atoms with Crippen molar-refractivity contribution in [1.82, 2.24) is 15.1 Å². The van der Waals surface area contributed by atoms with Gasteiger partial charge in [-0.15, -0.1) is 0 Å². The Morgan fingerprint density at radius 3 is 2.68 bits per heavy atom. The zero-order chi connectivity index (χ0) is 14.4. The summed E-state index contributed by atoms with van der Waals surface area (Å²) < 4.78 is 64.2. The molecule has 0 amide bonds. The van der Waals surface area contributed by atoms with E-state index in [0.29, 0.717) is 24.2 Å². The first-order valence-electron chi connectivity index (χ1n) is 5.43. The molecule has 1 atom stereocenters. The summed E-state index contributed by atoms with van der Waals surface area (Å²) in [5, 5.41) is 7.06. The predicted molar refractivity (Wildman–Crippen MR) is 58.9 cm³/mol. The molecule has 0 bridgehead atoms. The third-order valence-corrected chi connectivity index (χ3v) is 3.77. The van der Waals surface area contributed by atoms with E-state index in [1.807, 2.05) is 0 Å². The van der Waals surface area contributed by atoms with Crippen LogP contribution in [0.3, 0.4) is 0 Å². The number of halogens is 3. The van der Waals surface area contributed by atoms with Gasteiger partial charge in [-0.3, -0.25) is 0 Å². The predicted octanol–water partition coefficient (Wildman–Crippen LogP) is 0.855. The van der Waals surface area contributed by atoms with E-state index in [-0.39, 0.29) is 11.9 Å². The van der Waals surface area contributed by atoms with Crippen molar-refractivity contribution in [3.8, 4) is 5.88 Å². The van der Waals surface area contributed by atoms with Crippen LogP contribution in [0.2, 0.25) is 0 Å². The van der Waals surface area contributed by atoms with Crippen LogP contribution in [-0.2, 0) is 23.6 Å². The molecule has 0 saturated heterocycles. The van der Waals surface area contributed by atoms with Crippen LogP contribution in [-0.4, -0.2) is 30.3 Å². The van der Waals surface area contributed by atoms with E-state index in [1.54, 1.807) is 6.92 Å². The van der Waals surface area contributed by atoms with Gasteiger partial charge < -0.3 is 9.50 Å². The minimum Gasteiger partial charge on any atom is -0.355 e. The van der Waals surface area contributed by atoms with Gasteiger partial charge in [0.2, 0.25) is 5.88 Å². The molecule has 6 nitrogen and oxygen atoms in total. The van der Waals surface area contributed by atoms with Crippen molar-refractivity contribution in [2.75, 3.05) is 6.54 Å². The fourth-order valence-electron chi connectivity index (χ4n) is 1.92. The Kier molecular flexibility index (Phi) is 3.25. The maximum absolute atomic E-state index is 12.3. The normalized spacial score (nSPS) is 20.2. The van der Waals surface area contributed by atoms with Gasteiger partial charge in [0.25, 0.3) is 0 Å². The van der Waals surface area contributed by atoms with Crippen molar-refractivity contribution in [2.45, 2.75) is 24.9 Å². The highest BCUT2D eigenvalue weighted by molar-refractivity contribution is 7.87. The quantitative estimate of drug-likeness (QED) is 0.647. The molecule has 2 heterocycles. The SMILES string of the molecule is C[C@@H]1NCCc2c1nn(C)c2OS(=O)(=O)C(F)(F)F. The molecule has 0 radical (unpaired) electrons. The molecule has 0 spiro atoms. The second-order valence-corrected chi connectivity index (χ2v) is 5.74. The van der Waals surface area contributed by atoms with E-state index in [1.165, 1.54) is 7.05 Å². The maximum atomic E-state index is 12.3. The number of nitrogens with one attached hydrogen (secondary N) is 1. The van der Waals surface area contributed by atoms with Crippen LogP contribution in [0, 0.1) is 0 Å². The van der Waals surface area contributed by atoms with Crippen LogP contribution < -0.4 is 9.50 Å². The molecular formula is C9H12F3N3O3S. The molecule has 1 aliphatic rings. The van der Waals surface area contributed by atoms with Crippen molar-refractivity contribution >= 4 is 10.1 Å². The molecular weight excluding hydrogens is 287 g/mol. The number of aryl methyl sites for hydroxylation is 1. The van der Waals surface area contributed by atoms with Gasteiger partial charge in [-0.05, 0) is 13.3 Å². The van der Waals surface area contributed by atoms with Gasteiger partial charge in [0, 0.05) is 25.2 Å². The zero-order valence-corrected chi connectivity index (χ0v) is 11.0. The molecule has 1 aliphatic heterocycles. The molecule has 19 heavy (non-hydrogen) atoms. The first kappa shape index (κ1) is 14.1. The van der Waals surface area contributed by atoms with Gasteiger partial charge in [-0.25, -0.2) is 4.68 Å². The third-order valence-electron chi connectivity index (χ3n) is 2.83. The molecule has 0 aliphatic carbocycles. The summed E-state index contributed by atoms with van der Waals surface area (Å²) in [6.45, 7) is 2.30. The Labute approximate surface area is 107 Å². The van der Waals surface area contributed by atoms with Crippen molar-refractivity contribution in [2.24, 2.45) is 7.05 Å². The molecule has 108 valence electrons. The number of hydrogen-bond donors (Lipinski definition) is 1. The molecule has 10 heteroatoms. The molecule has 1 aromatic heterocycles. The highest BCUT2D eigenvalue weighted by Crippen LogP contribution is 2.33. The van der Waals surface area contributed by atoms with E-state index in [2.05, 4.69) is 14.6 Å². The smallest absolute Gasteiger partial charge is 0.355 e. The zero-order valence-electron chi connectivity index (χ0n) is 10.2. The summed E-state index contributed by atoms with van der Waals surface area (Å²) in [7, 11) is -4.34. The average Bonchev–Trinajstić information content (AvgIpc) is 2.56. The average molecular weight is 299 g/mol. The summed E-state index contributed by atoms with van der Waals surface area (Å²) in [4.78, 5) is 0. The summed E-state index contributed by atoms with van der Waals surface area (Å²) >= 11 is 0. The minimum atomic E-state index is -5.68. The lowest BCUT2D eigenvalue weighted by atomic mass is 10.0. The maximum Gasteiger partial charge on any atom is 0.534 e. The van der Waals surface area contributed by atoms with E-state index >= 15 is 0 Å². The van der Waals surface area contributed by atoms with E-state index in [0.717, 1.165) is 4.68 Å². The van der Waals surface area contributed by atoms with Gasteiger partial charge in [0.1, 0.15) is 0 Å². The number of rotatable bonds is 2. The number of fused-ring (bicyclic) bond motifs is 1. The summed E-state index contributed by atoms with van der Waals surface area (Å²) in [6.07, 6.45) is 0.357. The van der Waals surface area contributed by atoms with Crippen LogP contribution in [0.1, 0.15) is 24.2 Å². The first-order valence-corrected chi connectivity index (χ1v) is 6.84. The molecule has 2 rings (SSSR count). The lowest BCUT2D eigenvalue weighted by Crippen LogP contribution is -2.30. The Balaban J connectivity index is 2.43. The Morgan fingerprint density at radius 2 is 2.11 bits per heavy atom. The van der Waals surface area contributed by atoms with Crippen LogP contribution in [0.25, 0.3) is 0 Å². The lowest BCUT2D eigenvalue weighted by molar-refractivity contribution is -0.0502. The van der Waals surface area contributed by atoms with E-state index in [9.17, 15) is 21.6 Å². The Bertz CT molecular complexity index is 594. The molecule has 0 fully saturated rings. The van der Waals surface area contributed by atoms with Gasteiger partial charge in [0.15, 0.2) is 0 Å². The van der Waals surface area contributed by atoms with E-state index < -0.39 is 15.6 Å². The van der Waals surface area contributed by atoms with E-state index in [4.69, 9.17) is 0 Å². The largest absolute Gasteiger partial charge is 0.534 e. The number of nitrogens with zero attached hydrogens (tertiary/aromatic N) is 2. The van der Waals surface area contributed by atoms with Gasteiger partial charge in [-0.1, -0.05) is 0 Å². The molecule has 0 saturated carbocycles. The van der Waals surface area contributed by atoms with Crippen LogP contribution in [0.15, 0.2) is 0 Å². The number of hydrogen-bond acceptors (Lipinski definition) is 5. The second-order valence-electron chi connectivity index (χ2n) is 4.20. The van der Waals surface area contributed by atoms with Crippen LogP contribution in [0.4, 0.5) is 13.2 Å². The van der Waals surface area contributed by atoms with Crippen molar-refractivity contribution in [3.63, 3.8) is 0 Å². The topological polar surface area (TPSA) is 73.2 Å². The molecule has 0 unspecified atom stereocenters. The van der Waals surface area contributed by atoms with Gasteiger partial charge in [0.05, 0.1) is 5.69 Å². The van der Waals surface area contributed by atoms with Crippen molar-refractivity contribution < 1.29 is 25.8 Å². The summed E-state index contributed by atoms with van der Waals surface area (Å²) in [5.41, 5.74) is -4.56. The van der Waals surface area contributed by atoms with Gasteiger partial charge >= 0.3 is 15.6 Å². The van der Waals surface area contributed by atoms with Crippen molar-refractivity contribution in [3.05, 3.63) is 11.3 Å². The molecule has 1 N–H and O–H groups in total.